The molecule has 5 heteroatoms. The minimum Gasteiger partial charge on any atom is -0.465 e. The quantitative estimate of drug-likeness (QED) is 0.896. The number of aryl methyl sites for hydroxylation is 1. The van der Waals surface area contributed by atoms with Crippen molar-refractivity contribution in [3.05, 3.63) is 29.8 Å². The molecule has 1 rings (SSSR count). The number of hydrogen-bond donors (Lipinski definition) is 2. The van der Waals surface area contributed by atoms with E-state index in [-0.39, 0.29) is 5.91 Å². The van der Waals surface area contributed by atoms with Crippen molar-refractivity contribution in [1.82, 2.24) is 4.90 Å². The van der Waals surface area contributed by atoms with E-state index >= 15 is 0 Å². The van der Waals surface area contributed by atoms with Gasteiger partial charge in [0.05, 0.1) is 0 Å². The van der Waals surface area contributed by atoms with Crippen LogP contribution in [-0.4, -0.2) is 33.1 Å². The molecule has 0 spiro atoms. The second-order valence-electron chi connectivity index (χ2n) is 6.62. The van der Waals surface area contributed by atoms with E-state index in [1.807, 2.05) is 25.1 Å². The van der Waals surface area contributed by atoms with Crippen LogP contribution >= 0.6 is 0 Å². The van der Waals surface area contributed by atoms with Gasteiger partial charge in [-0.2, -0.15) is 0 Å². The SMILES string of the molecule is Cc1ccccc1NC(=O)C(C)(C)N(C(=O)O)C(C)(C)C. The van der Waals surface area contributed by atoms with E-state index in [0.29, 0.717) is 5.69 Å². The molecule has 0 aliphatic rings. The Morgan fingerprint density at radius 2 is 1.62 bits per heavy atom. The van der Waals surface area contributed by atoms with Gasteiger partial charge in [0.25, 0.3) is 0 Å². The number of amides is 2. The Kier molecular flexibility index (Phi) is 4.66. The van der Waals surface area contributed by atoms with Crippen molar-refractivity contribution < 1.29 is 14.7 Å². The normalized spacial score (nSPS) is 11.9. The van der Waals surface area contributed by atoms with Gasteiger partial charge in [-0.15, -0.1) is 0 Å². The average molecular weight is 292 g/mol. The van der Waals surface area contributed by atoms with Crippen molar-refractivity contribution in [3.63, 3.8) is 0 Å². The molecule has 116 valence electrons. The maximum Gasteiger partial charge on any atom is 0.408 e. The van der Waals surface area contributed by atoms with Crippen LogP contribution in [0.1, 0.15) is 40.2 Å². The molecule has 0 unspecified atom stereocenters. The summed E-state index contributed by atoms with van der Waals surface area (Å²) in [4.78, 5) is 25.3. The maximum atomic E-state index is 12.6. The summed E-state index contributed by atoms with van der Waals surface area (Å²) in [5.74, 6) is -0.353. The third-order valence-corrected chi connectivity index (χ3v) is 3.37. The predicted octanol–water partition coefficient (Wildman–Crippen LogP) is 3.49. The van der Waals surface area contributed by atoms with Crippen molar-refractivity contribution in [3.8, 4) is 0 Å². The van der Waals surface area contributed by atoms with Gasteiger partial charge in [-0.3, -0.25) is 9.69 Å². The van der Waals surface area contributed by atoms with Crippen LogP contribution in [0.4, 0.5) is 10.5 Å². The summed E-state index contributed by atoms with van der Waals surface area (Å²) in [5.41, 5.74) is -0.251. The highest BCUT2D eigenvalue weighted by Crippen LogP contribution is 2.27. The Hall–Kier alpha value is -2.04. The molecular formula is C16H24N2O3. The Morgan fingerprint density at radius 3 is 2.05 bits per heavy atom. The molecule has 2 amide bonds. The van der Waals surface area contributed by atoms with Gasteiger partial charge in [0.15, 0.2) is 0 Å². The van der Waals surface area contributed by atoms with Gasteiger partial charge in [-0.1, -0.05) is 18.2 Å². The smallest absolute Gasteiger partial charge is 0.408 e. The van der Waals surface area contributed by atoms with Crippen molar-refractivity contribution in [2.24, 2.45) is 0 Å². The molecule has 0 saturated carbocycles. The molecule has 0 saturated heterocycles. The van der Waals surface area contributed by atoms with E-state index in [0.717, 1.165) is 5.56 Å². The Labute approximate surface area is 126 Å². The highest BCUT2D eigenvalue weighted by atomic mass is 16.4. The summed E-state index contributed by atoms with van der Waals surface area (Å²) >= 11 is 0. The number of para-hydroxylation sites is 1. The molecule has 0 aliphatic heterocycles. The molecule has 0 aromatic heterocycles. The lowest BCUT2D eigenvalue weighted by atomic mass is 9.94. The van der Waals surface area contributed by atoms with Gasteiger partial charge >= 0.3 is 6.09 Å². The summed E-state index contributed by atoms with van der Waals surface area (Å²) in [7, 11) is 0. The molecule has 0 fully saturated rings. The first kappa shape index (κ1) is 17.0. The minimum absolute atomic E-state index is 0.353. The molecule has 2 N–H and O–H groups in total. The van der Waals surface area contributed by atoms with Crippen LogP contribution in [0.15, 0.2) is 24.3 Å². The fraction of sp³-hybridized carbons (Fsp3) is 0.500. The second-order valence-corrected chi connectivity index (χ2v) is 6.62. The summed E-state index contributed by atoms with van der Waals surface area (Å²) in [5, 5.41) is 12.3. The first-order valence-electron chi connectivity index (χ1n) is 6.88. The molecule has 0 heterocycles. The number of hydrogen-bond acceptors (Lipinski definition) is 2. The van der Waals surface area contributed by atoms with Crippen molar-refractivity contribution in [2.45, 2.75) is 52.6 Å². The van der Waals surface area contributed by atoms with Gasteiger partial charge in [0.2, 0.25) is 5.91 Å². The first-order valence-corrected chi connectivity index (χ1v) is 6.88. The Morgan fingerprint density at radius 1 is 1.10 bits per heavy atom. The number of carboxylic acid groups (broad SMARTS) is 1. The lowest BCUT2D eigenvalue weighted by Gasteiger charge is -2.43. The maximum absolute atomic E-state index is 12.6. The zero-order valence-corrected chi connectivity index (χ0v) is 13.5. The zero-order valence-electron chi connectivity index (χ0n) is 13.5. The molecule has 5 nitrogen and oxygen atoms in total. The van der Waals surface area contributed by atoms with Crippen molar-refractivity contribution in [2.75, 3.05) is 5.32 Å². The van der Waals surface area contributed by atoms with E-state index in [4.69, 9.17) is 0 Å². The largest absolute Gasteiger partial charge is 0.465 e. The number of nitrogens with zero attached hydrogens (tertiary/aromatic N) is 1. The van der Waals surface area contributed by atoms with Crippen LogP contribution in [-0.2, 0) is 4.79 Å². The fourth-order valence-corrected chi connectivity index (χ4v) is 2.45. The molecule has 21 heavy (non-hydrogen) atoms. The summed E-state index contributed by atoms with van der Waals surface area (Å²) in [6, 6.07) is 7.40. The lowest BCUT2D eigenvalue weighted by Crippen LogP contribution is -2.61. The third-order valence-electron chi connectivity index (χ3n) is 3.37. The van der Waals surface area contributed by atoms with E-state index in [1.165, 1.54) is 4.90 Å². The van der Waals surface area contributed by atoms with Gasteiger partial charge in [0, 0.05) is 11.2 Å². The van der Waals surface area contributed by atoms with Crippen LogP contribution in [0.5, 0.6) is 0 Å². The molecule has 0 radical (unpaired) electrons. The fourth-order valence-electron chi connectivity index (χ4n) is 2.45. The number of benzene rings is 1. The second kappa shape index (κ2) is 5.76. The highest BCUT2D eigenvalue weighted by Gasteiger charge is 2.44. The third kappa shape index (κ3) is 3.74. The summed E-state index contributed by atoms with van der Waals surface area (Å²) in [6.07, 6.45) is -1.12. The molecular weight excluding hydrogens is 268 g/mol. The summed E-state index contributed by atoms with van der Waals surface area (Å²) < 4.78 is 0. The minimum atomic E-state index is -1.19. The number of nitrogens with one attached hydrogen (secondary N) is 1. The van der Waals surface area contributed by atoms with Crippen LogP contribution in [0.2, 0.25) is 0 Å². The van der Waals surface area contributed by atoms with E-state index in [1.54, 1.807) is 40.7 Å². The number of anilines is 1. The van der Waals surface area contributed by atoms with Crippen molar-refractivity contribution >= 4 is 17.7 Å². The van der Waals surface area contributed by atoms with Crippen LogP contribution in [0, 0.1) is 6.92 Å². The molecule has 1 aromatic carbocycles. The molecule has 0 atom stereocenters. The molecule has 0 bridgehead atoms. The van der Waals surface area contributed by atoms with Crippen LogP contribution in [0.3, 0.4) is 0 Å². The summed E-state index contributed by atoms with van der Waals surface area (Å²) in [6.45, 7) is 10.4. The van der Waals surface area contributed by atoms with E-state index < -0.39 is 17.2 Å². The van der Waals surface area contributed by atoms with Gasteiger partial charge < -0.3 is 10.4 Å². The molecule has 1 aromatic rings. The standard InChI is InChI=1S/C16H24N2O3/c1-11-9-7-8-10-12(11)17-13(19)16(5,6)18(14(20)21)15(2,3)4/h7-10H,1-6H3,(H,17,19)(H,20,21). The number of carbonyl (C=O) groups excluding carboxylic acids is 1. The van der Waals surface area contributed by atoms with Crippen LogP contribution in [0.25, 0.3) is 0 Å². The van der Waals surface area contributed by atoms with Gasteiger partial charge in [-0.25, -0.2) is 4.79 Å². The molecule has 0 aliphatic carbocycles. The predicted molar refractivity (Wildman–Crippen MR) is 83.5 cm³/mol. The van der Waals surface area contributed by atoms with Crippen LogP contribution < -0.4 is 5.32 Å². The highest BCUT2D eigenvalue weighted by molar-refractivity contribution is 5.99. The van der Waals surface area contributed by atoms with Crippen molar-refractivity contribution in [1.29, 1.82) is 0 Å². The lowest BCUT2D eigenvalue weighted by molar-refractivity contribution is -0.128. The average Bonchev–Trinajstić information content (AvgIpc) is 2.28. The first-order chi connectivity index (χ1) is 9.48. The zero-order chi connectivity index (χ0) is 16.4. The topological polar surface area (TPSA) is 69.6 Å². The van der Waals surface area contributed by atoms with Gasteiger partial charge in [-0.05, 0) is 53.2 Å². The van der Waals surface area contributed by atoms with E-state index in [9.17, 15) is 14.7 Å². The number of carbonyl (C=O) groups is 2. The van der Waals surface area contributed by atoms with E-state index in [2.05, 4.69) is 5.32 Å². The Balaban J connectivity index is 3.08. The number of rotatable bonds is 3. The Bertz CT molecular complexity index is 545. The van der Waals surface area contributed by atoms with Gasteiger partial charge in [0.1, 0.15) is 5.54 Å². The monoisotopic (exact) mass is 292 g/mol.